The fourth-order valence-electron chi connectivity index (χ4n) is 2.97. The van der Waals surface area contributed by atoms with Crippen LogP contribution in [0.2, 0.25) is 4.34 Å². The van der Waals surface area contributed by atoms with E-state index in [2.05, 4.69) is 5.32 Å². The van der Waals surface area contributed by atoms with Crippen molar-refractivity contribution in [3.8, 4) is 0 Å². The second-order valence-corrected chi connectivity index (χ2v) is 7.34. The standard InChI is InChI=1S/C15H20ClNO3S/c1-2-9-7-11(12(8-9)15(19)20)14(18)17-6-5-10-3-4-13(16)21-10/h3-4,9,11-12H,2,5-8H2,1H3,(H,17,18)(H,19,20). The molecule has 2 rings (SSSR count). The average Bonchev–Trinajstić information content (AvgIpc) is 3.04. The number of amides is 1. The largest absolute Gasteiger partial charge is 0.481 e. The van der Waals surface area contributed by atoms with Crippen LogP contribution >= 0.6 is 22.9 Å². The summed E-state index contributed by atoms with van der Waals surface area (Å²) >= 11 is 7.36. The minimum atomic E-state index is -0.851. The predicted molar refractivity (Wildman–Crippen MR) is 83.7 cm³/mol. The third-order valence-electron chi connectivity index (χ3n) is 4.19. The van der Waals surface area contributed by atoms with E-state index in [0.717, 1.165) is 22.1 Å². The Morgan fingerprint density at radius 3 is 2.67 bits per heavy atom. The fraction of sp³-hybridized carbons (Fsp3) is 0.600. The quantitative estimate of drug-likeness (QED) is 0.842. The summed E-state index contributed by atoms with van der Waals surface area (Å²) in [5.41, 5.74) is 0. The van der Waals surface area contributed by atoms with Crippen LogP contribution in [0.25, 0.3) is 0 Å². The summed E-state index contributed by atoms with van der Waals surface area (Å²) in [6.07, 6.45) is 2.96. The molecule has 1 heterocycles. The van der Waals surface area contributed by atoms with Crippen LogP contribution in [-0.2, 0) is 16.0 Å². The number of carbonyl (C=O) groups excluding carboxylic acids is 1. The highest BCUT2D eigenvalue weighted by molar-refractivity contribution is 7.16. The zero-order valence-corrected chi connectivity index (χ0v) is 13.5. The molecule has 1 saturated carbocycles. The van der Waals surface area contributed by atoms with Crippen LogP contribution in [0.15, 0.2) is 12.1 Å². The Morgan fingerprint density at radius 2 is 2.10 bits per heavy atom. The first-order valence-corrected chi connectivity index (χ1v) is 8.45. The van der Waals surface area contributed by atoms with E-state index in [-0.39, 0.29) is 11.8 Å². The molecular formula is C15H20ClNO3S. The second-order valence-electron chi connectivity index (χ2n) is 5.54. The Morgan fingerprint density at radius 1 is 1.38 bits per heavy atom. The lowest BCUT2D eigenvalue weighted by molar-refractivity contribution is -0.146. The molecule has 0 spiro atoms. The van der Waals surface area contributed by atoms with E-state index in [0.29, 0.717) is 25.3 Å². The van der Waals surface area contributed by atoms with Gasteiger partial charge in [0.25, 0.3) is 0 Å². The maximum atomic E-state index is 12.2. The van der Waals surface area contributed by atoms with Crippen molar-refractivity contribution in [2.24, 2.45) is 17.8 Å². The van der Waals surface area contributed by atoms with Crippen LogP contribution in [0.4, 0.5) is 0 Å². The van der Waals surface area contributed by atoms with Crippen molar-refractivity contribution in [3.63, 3.8) is 0 Å². The Balaban J connectivity index is 1.85. The summed E-state index contributed by atoms with van der Waals surface area (Å²) in [5.74, 6) is -1.55. The fourth-order valence-corrected chi connectivity index (χ4v) is 4.05. The molecule has 6 heteroatoms. The van der Waals surface area contributed by atoms with Crippen LogP contribution in [0.3, 0.4) is 0 Å². The van der Waals surface area contributed by atoms with E-state index < -0.39 is 11.9 Å². The summed E-state index contributed by atoms with van der Waals surface area (Å²) < 4.78 is 0.740. The summed E-state index contributed by atoms with van der Waals surface area (Å²) in [7, 11) is 0. The van der Waals surface area contributed by atoms with Crippen molar-refractivity contribution in [1.29, 1.82) is 0 Å². The topological polar surface area (TPSA) is 66.4 Å². The molecule has 116 valence electrons. The van der Waals surface area contributed by atoms with Gasteiger partial charge in [-0.25, -0.2) is 0 Å². The molecule has 4 nitrogen and oxygen atoms in total. The number of rotatable bonds is 6. The van der Waals surface area contributed by atoms with Crippen LogP contribution in [0, 0.1) is 17.8 Å². The zero-order chi connectivity index (χ0) is 15.4. The maximum Gasteiger partial charge on any atom is 0.307 e. The van der Waals surface area contributed by atoms with Crippen molar-refractivity contribution < 1.29 is 14.7 Å². The number of carboxylic acid groups (broad SMARTS) is 1. The molecule has 3 unspecified atom stereocenters. The van der Waals surface area contributed by atoms with Crippen LogP contribution in [-0.4, -0.2) is 23.5 Å². The lowest BCUT2D eigenvalue weighted by Crippen LogP contribution is -2.36. The van der Waals surface area contributed by atoms with E-state index in [1.807, 2.05) is 19.1 Å². The summed E-state index contributed by atoms with van der Waals surface area (Å²) in [6.45, 7) is 2.57. The van der Waals surface area contributed by atoms with E-state index in [9.17, 15) is 14.7 Å². The first kappa shape index (κ1) is 16.3. The maximum absolute atomic E-state index is 12.2. The number of aliphatic carboxylic acids is 1. The first-order chi connectivity index (χ1) is 10.0. The van der Waals surface area contributed by atoms with Gasteiger partial charge in [-0.2, -0.15) is 0 Å². The van der Waals surface area contributed by atoms with Gasteiger partial charge in [0.15, 0.2) is 0 Å². The van der Waals surface area contributed by atoms with Gasteiger partial charge in [0, 0.05) is 11.4 Å². The molecule has 0 bridgehead atoms. The molecule has 0 aliphatic heterocycles. The molecular weight excluding hydrogens is 310 g/mol. The average molecular weight is 330 g/mol. The molecule has 0 aromatic carbocycles. The molecule has 0 radical (unpaired) electrons. The smallest absolute Gasteiger partial charge is 0.307 e. The van der Waals surface area contributed by atoms with Gasteiger partial charge in [0.2, 0.25) is 5.91 Å². The Kier molecular flexibility index (Phi) is 5.65. The van der Waals surface area contributed by atoms with Gasteiger partial charge < -0.3 is 10.4 Å². The molecule has 1 aliphatic rings. The highest BCUT2D eigenvalue weighted by Crippen LogP contribution is 2.38. The van der Waals surface area contributed by atoms with Crippen molar-refractivity contribution in [3.05, 3.63) is 21.3 Å². The number of hydrogen-bond acceptors (Lipinski definition) is 3. The van der Waals surface area contributed by atoms with Crippen molar-refractivity contribution in [2.45, 2.75) is 32.6 Å². The SMILES string of the molecule is CCC1CC(C(=O)O)C(C(=O)NCCc2ccc(Cl)s2)C1. The second kappa shape index (κ2) is 7.27. The van der Waals surface area contributed by atoms with Crippen molar-refractivity contribution in [2.75, 3.05) is 6.54 Å². The zero-order valence-electron chi connectivity index (χ0n) is 12.0. The highest BCUT2D eigenvalue weighted by atomic mass is 35.5. The monoisotopic (exact) mass is 329 g/mol. The molecule has 1 amide bonds. The van der Waals surface area contributed by atoms with E-state index >= 15 is 0 Å². The van der Waals surface area contributed by atoms with Crippen LogP contribution in [0.1, 0.15) is 31.1 Å². The molecule has 0 saturated heterocycles. The van der Waals surface area contributed by atoms with Gasteiger partial charge in [-0.05, 0) is 37.3 Å². The van der Waals surface area contributed by atoms with Gasteiger partial charge in [-0.3, -0.25) is 9.59 Å². The number of nitrogens with one attached hydrogen (secondary N) is 1. The number of thiophene rings is 1. The third-order valence-corrected chi connectivity index (χ3v) is 5.48. The number of hydrogen-bond donors (Lipinski definition) is 2. The van der Waals surface area contributed by atoms with Crippen LogP contribution in [0.5, 0.6) is 0 Å². The first-order valence-electron chi connectivity index (χ1n) is 7.26. The van der Waals surface area contributed by atoms with E-state index in [1.165, 1.54) is 11.3 Å². The minimum Gasteiger partial charge on any atom is -0.481 e. The summed E-state index contributed by atoms with van der Waals surface area (Å²) in [5, 5.41) is 12.1. The van der Waals surface area contributed by atoms with Gasteiger partial charge in [0.1, 0.15) is 0 Å². The normalized spacial score (nSPS) is 25.0. The van der Waals surface area contributed by atoms with Crippen molar-refractivity contribution in [1.82, 2.24) is 5.32 Å². The molecule has 2 N–H and O–H groups in total. The molecule has 21 heavy (non-hydrogen) atoms. The Labute approximate surface area is 133 Å². The summed E-state index contributed by atoms with van der Waals surface area (Å²) in [6, 6.07) is 3.79. The molecule has 3 atom stereocenters. The van der Waals surface area contributed by atoms with Gasteiger partial charge in [-0.15, -0.1) is 11.3 Å². The van der Waals surface area contributed by atoms with E-state index in [1.54, 1.807) is 0 Å². The third kappa shape index (κ3) is 4.20. The van der Waals surface area contributed by atoms with Crippen LogP contribution < -0.4 is 5.32 Å². The Hall–Kier alpha value is -1.07. The van der Waals surface area contributed by atoms with Gasteiger partial charge in [-0.1, -0.05) is 24.9 Å². The van der Waals surface area contributed by atoms with Gasteiger partial charge in [0.05, 0.1) is 16.2 Å². The summed E-state index contributed by atoms with van der Waals surface area (Å²) in [4.78, 5) is 24.6. The Bertz CT molecular complexity index is 517. The lowest BCUT2D eigenvalue weighted by atomic mass is 9.95. The lowest BCUT2D eigenvalue weighted by Gasteiger charge is -2.15. The highest BCUT2D eigenvalue weighted by Gasteiger charge is 2.41. The van der Waals surface area contributed by atoms with E-state index in [4.69, 9.17) is 11.6 Å². The molecule has 1 aliphatic carbocycles. The molecule has 1 aromatic rings. The number of carboxylic acids is 1. The number of carbonyl (C=O) groups is 2. The van der Waals surface area contributed by atoms with Gasteiger partial charge >= 0.3 is 5.97 Å². The minimum absolute atomic E-state index is 0.124. The number of halogens is 1. The van der Waals surface area contributed by atoms with Crippen molar-refractivity contribution >= 4 is 34.8 Å². The predicted octanol–water partition coefficient (Wildman–Crippen LogP) is 3.20. The molecule has 1 fully saturated rings. The molecule has 1 aromatic heterocycles.